The van der Waals surface area contributed by atoms with Gasteiger partial charge in [-0.05, 0) is 26.0 Å². The molecule has 2 heterocycles. The maximum absolute atomic E-state index is 10.5. The highest BCUT2D eigenvalue weighted by molar-refractivity contribution is 5.40. The van der Waals surface area contributed by atoms with Gasteiger partial charge >= 0.3 is 0 Å². The van der Waals surface area contributed by atoms with E-state index in [9.17, 15) is 5.11 Å². The van der Waals surface area contributed by atoms with Crippen molar-refractivity contribution in [3.63, 3.8) is 0 Å². The van der Waals surface area contributed by atoms with Crippen LogP contribution in [0.2, 0.25) is 0 Å². The Morgan fingerprint density at radius 1 is 1.03 bits per heavy atom. The van der Waals surface area contributed by atoms with Crippen LogP contribution in [0.3, 0.4) is 0 Å². The van der Waals surface area contributed by atoms with Gasteiger partial charge in [-0.3, -0.25) is 9.80 Å². The van der Waals surface area contributed by atoms with Crippen LogP contribution in [0.4, 0.5) is 0 Å². The molecule has 1 unspecified atom stereocenters. The Kier molecular flexibility index (Phi) is 8.56. The normalized spacial score (nSPS) is 21.2. The number of methoxy groups -OCH3 is 2. The molecule has 0 radical (unpaired) electrons. The number of aliphatic hydroxyl groups excluding tert-OH is 1. The van der Waals surface area contributed by atoms with Gasteiger partial charge in [-0.2, -0.15) is 0 Å². The maximum atomic E-state index is 10.5. The molecule has 1 aromatic carbocycles. The zero-order valence-corrected chi connectivity index (χ0v) is 18.2. The van der Waals surface area contributed by atoms with E-state index < -0.39 is 6.10 Å². The van der Waals surface area contributed by atoms with Gasteiger partial charge in [-0.25, -0.2) is 0 Å². The number of β-amino-alcohol motifs (C(OH)–C–C–N with tert-alkyl or cyclic N) is 1. The monoisotopic (exact) mass is 407 g/mol. The number of likely N-dealkylation sites (N-methyl/N-ethyl adjacent to an activating group) is 1. The molecule has 0 bridgehead atoms. The van der Waals surface area contributed by atoms with Gasteiger partial charge in [0.2, 0.25) is 0 Å². The highest BCUT2D eigenvalue weighted by Crippen LogP contribution is 2.27. The van der Waals surface area contributed by atoms with E-state index in [1.807, 2.05) is 12.1 Å². The second-order valence-corrected chi connectivity index (χ2v) is 8.25. The van der Waals surface area contributed by atoms with E-state index in [-0.39, 0.29) is 6.61 Å². The maximum Gasteiger partial charge on any atom is 0.127 e. The quantitative estimate of drug-likeness (QED) is 0.662. The van der Waals surface area contributed by atoms with Crippen molar-refractivity contribution in [1.82, 2.24) is 14.7 Å². The molecule has 164 valence electrons. The molecule has 0 spiro atoms. The van der Waals surface area contributed by atoms with E-state index in [4.69, 9.17) is 14.2 Å². The first kappa shape index (κ1) is 22.3. The zero-order valence-electron chi connectivity index (χ0n) is 18.2. The van der Waals surface area contributed by atoms with Crippen molar-refractivity contribution in [2.24, 2.45) is 0 Å². The molecule has 2 aliphatic heterocycles. The van der Waals surface area contributed by atoms with E-state index in [1.54, 1.807) is 14.2 Å². The Bertz CT molecular complexity index is 614. The highest BCUT2D eigenvalue weighted by Gasteiger charge is 2.21. The average Bonchev–Trinajstić information content (AvgIpc) is 2.75. The standard InChI is InChI=1S/C22H37N3O4/c1-23-10-12-25(13-11-23)16-19(26)17-29-22-14-21(28-3)5-4-18(22)15-24-8-6-20(27-2)7-9-24/h4-5,14,19-20,26H,6-13,15-17H2,1-3H3. The van der Waals surface area contributed by atoms with Gasteiger partial charge in [-0.1, -0.05) is 6.07 Å². The second kappa shape index (κ2) is 11.1. The first-order valence-electron chi connectivity index (χ1n) is 10.7. The number of hydrogen-bond acceptors (Lipinski definition) is 7. The summed E-state index contributed by atoms with van der Waals surface area (Å²) >= 11 is 0. The van der Waals surface area contributed by atoms with Crippen molar-refractivity contribution in [3.05, 3.63) is 23.8 Å². The minimum Gasteiger partial charge on any atom is -0.497 e. The summed E-state index contributed by atoms with van der Waals surface area (Å²) in [5.74, 6) is 1.58. The largest absolute Gasteiger partial charge is 0.497 e. The van der Waals surface area contributed by atoms with Crippen molar-refractivity contribution < 1.29 is 19.3 Å². The first-order chi connectivity index (χ1) is 14.1. The summed E-state index contributed by atoms with van der Waals surface area (Å²) in [7, 11) is 5.60. The molecule has 1 aromatic rings. The number of nitrogens with zero attached hydrogens (tertiary/aromatic N) is 3. The van der Waals surface area contributed by atoms with E-state index in [2.05, 4.69) is 27.8 Å². The van der Waals surface area contributed by atoms with Gasteiger partial charge in [0.1, 0.15) is 24.2 Å². The molecule has 7 heteroatoms. The summed E-state index contributed by atoms with van der Waals surface area (Å²) in [4.78, 5) is 7.06. The van der Waals surface area contributed by atoms with E-state index in [0.717, 1.165) is 75.7 Å². The Morgan fingerprint density at radius 2 is 1.76 bits per heavy atom. The molecule has 29 heavy (non-hydrogen) atoms. The van der Waals surface area contributed by atoms with E-state index in [1.165, 1.54) is 0 Å². The van der Waals surface area contributed by atoms with Gasteiger partial charge in [0.05, 0.1) is 13.2 Å². The van der Waals surface area contributed by atoms with Gasteiger partial charge in [-0.15, -0.1) is 0 Å². The number of piperidine rings is 1. The van der Waals surface area contributed by atoms with Crippen molar-refractivity contribution in [3.8, 4) is 11.5 Å². The second-order valence-electron chi connectivity index (χ2n) is 8.25. The summed E-state index contributed by atoms with van der Waals surface area (Å²) in [5, 5.41) is 10.5. The third-order valence-corrected chi connectivity index (χ3v) is 6.03. The fraction of sp³-hybridized carbons (Fsp3) is 0.727. The molecule has 1 N–H and O–H groups in total. The molecule has 0 saturated carbocycles. The number of ether oxygens (including phenoxy) is 3. The molecule has 3 rings (SSSR count). The van der Waals surface area contributed by atoms with Crippen LogP contribution in [0.5, 0.6) is 11.5 Å². The first-order valence-corrected chi connectivity index (χ1v) is 10.7. The number of piperazine rings is 1. The van der Waals surface area contributed by atoms with Gasteiger partial charge < -0.3 is 24.2 Å². The third-order valence-electron chi connectivity index (χ3n) is 6.03. The fourth-order valence-electron chi connectivity index (χ4n) is 4.04. The van der Waals surface area contributed by atoms with Crippen molar-refractivity contribution in [2.45, 2.75) is 31.6 Å². The lowest BCUT2D eigenvalue weighted by Crippen LogP contribution is -2.47. The molecular weight excluding hydrogens is 370 g/mol. The van der Waals surface area contributed by atoms with Crippen LogP contribution >= 0.6 is 0 Å². The highest BCUT2D eigenvalue weighted by atomic mass is 16.5. The van der Waals surface area contributed by atoms with Crippen LogP contribution in [0.25, 0.3) is 0 Å². The molecule has 2 fully saturated rings. The van der Waals surface area contributed by atoms with Gasteiger partial charge in [0.15, 0.2) is 0 Å². The number of benzene rings is 1. The lowest BCUT2D eigenvalue weighted by Gasteiger charge is -2.33. The summed E-state index contributed by atoms with van der Waals surface area (Å²) < 4.78 is 16.9. The van der Waals surface area contributed by atoms with Crippen LogP contribution < -0.4 is 9.47 Å². The van der Waals surface area contributed by atoms with Crippen molar-refractivity contribution in [2.75, 3.05) is 73.7 Å². The third kappa shape index (κ3) is 6.83. The molecule has 0 aliphatic carbocycles. The Morgan fingerprint density at radius 3 is 2.41 bits per heavy atom. The van der Waals surface area contributed by atoms with Crippen LogP contribution in [0.1, 0.15) is 18.4 Å². The summed E-state index contributed by atoms with van der Waals surface area (Å²) in [5.41, 5.74) is 1.13. The van der Waals surface area contributed by atoms with Crippen LogP contribution in [0.15, 0.2) is 18.2 Å². The summed E-state index contributed by atoms with van der Waals surface area (Å²) in [6.45, 7) is 7.91. The summed E-state index contributed by atoms with van der Waals surface area (Å²) in [6.07, 6.45) is 2.00. The number of rotatable bonds is 9. The molecule has 2 saturated heterocycles. The van der Waals surface area contributed by atoms with Gasteiger partial charge in [0.25, 0.3) is 0 Å². The number of hydrogen-bond donors (Lipinski definition) is 1. The van der Waals surface area contributed by atoms with Gasteiger partial charge in [0, 0.05) is 71.1 Å². The number of likely N-dealkylation sites (tertiary alicyclic amines) is 1. The average molecular weight is 408 g/mol. The van der Waals surface area contributed by atoms with Crippen LogP contribution in [-0.4, -0.2) is 106 Å². The van der Waals surface area contributed by atoms with Crippen molar-refractivity contribution in [1.29, 1.82) is 0 Å². The molecule has 1 atom stereocenters. The topological polar surface area (TPSA) is 57.6 Å². The molecular formula is C22H37N3O4. The molecule has 2 aliphatic rings. The zero-order chi connectivity index (χ0) is 20.6. The molecule has 7 nitrogen and oxygen atoms in total. The lowest BCUT2D eigenvalue weighted by atomic mass is 10.1. The minimum atomic E-state index is -0.505. The summed E-state index contributed by atoms with van der Waals surface area (Å²) in [6, 6.07) is 5.98. The van der Waals surface area contributed by atoms with Crippen molar-refractivity contribution >= 4 is 0 Å². The molecule has 0 amide bonds. The predicted octanol–water partition coefficient (Wildman–Crippen LogP) is 1.29. The Balaban J connectivity index is 1.54. The lowest BCUT2D eigenvalue weighted by molar-refractivity contribution is 0.0376. The fourth-order valence-corrected chi connectivity index (χ4v) is 4.04. The predicted molar refractivity (Wildman–Crippen MR) is 114 cm³/mol. The van der Waals surface area contributed by atoms with Crippen LogP contribution in [-0.2, 0) is 11.3 Å². The van der Waals surface area contributed by atoms with Crippen LogP contribution in [0, 0.1) is 0 Å². The molecule has 0 aromatic heterocycles. The minimum absolute atomic E-state index is 0.290. The Labute approximate surface area is 175 Å². The number of aliphatic hydroxyl groups is 1. The van der Waals surface area contributed by atoms with E-state index >= 15 is 0 Å². The SMILES string of the molecule is COc1ccc(CN2CCC(OC)CC2)c(OCC(O)CN2CCN(C)CC2)c1. The Hall–Kier alpha value is -1.38. The smallest absolute Gasteiger partial charge is 0.127 e. The van der Waals surface area contributed by atoms with E-state index in [0.29, 0.717) is 12.6 Å².